The first-order chi connectivity index (χ1) is 17.6. The number of nitrogens with zero attached hydrogens (tertiary/aromatic N) is 1. The largest absolute Gasteiger partial charge is 0.490 e. The van der Waals surface area contributed by atoms with Crippen LogP contribution in [0.1, 0.15) is 37.5 Å². The molecule has 0 saturated carbocycles. The summed E-state index contributed by atoms with van der Waals surface area (Å²) >= 11 is 0. The smallest absolute Gasteiger partial charge is 0.335 e. The Bertz CT molecular complexity index is 1340. The summed E-state index contributed by atoms with van der Waals surface area (Å²) in [6.07, 6.45) is 1.45. The molecule has 4 amide bonds. The van der Waals surface area contributed by atoms with E-state index in [0.29, 0.717) is 30.2 Å². The predicted octanol–water partition coefficient (Wildman–Crippen LogP) is 5.42. The average molecular weight is 499 g/mol. The van der Waals surface area contributed by atoms with Crippen molar-refractivity contribution in [2.75, 3.05) is 18.1 Å². The summed E-state index contributed by atoms with van der Waals surface area (Å²) in [5, 5.41) is 2.24. The molecule has 37 heavy (non-hydrogen) atoms. The van der Waals surface area contributed by atoms with E-state index in [1.165, 1.54) is 11.6 Å². The predicted molar refractivity (Wildman–Crippen MR) is 143 cm³/mol. The topological polar surface area (TPSA) is 84.9 Å². The fourth-order valence-electron chi connectivity index (χ4n) is 3.82. The summed E-state index contributed by atoms with van der Waals surface area (Å²) in [5.74, 6) is -0.0916. The normalized spacial score (nSPS) is 15.1. The van der Waals surface area contributed by atoms with E-state index in [0.717, 1.165) is 16.2 Å². The number of barbiturate groups is 1. The maximum absolute atomic E-state index is 13.1. The van der Waals surface area contributed by atoms with Gasteiger partial charge in [0.05, 0.1) is 5.69 Å². The van der Waals surface area contributed by atoms with Gasteiger partial charge in [-0.15, -0.1) is 0 Å². The first-order valence-electron chi connectivity index (χ1n) is 12.1. The lowest BCUT2D eigenvalue weighted by molar-refractivity contribution is -0.122. The minimum atomic E-state index is -0.777. The van der Waals surface area contributed by atoms with Crippen LogP contribution in [0.4, 0.5) is 10.5 Å². The zero-order valence-corrected chi connectivity index (χ0v) is 21.4. The van der Waals surface area contributed by atoms with Crippen LogP contribution in [-0.2, 0) is 15.0 Å². The Morgan fingerprint density at radius 2 is 1.49 bits per heavy atom. The van der Waals surface area contributed by atoms with E-state index >= 15 is 0 Å². The molecule has 0 atom stereocenters. The number of carbonyl (C=O) groups excluding carboxylic acids is 3. The number of benzene rings is 3. The molecule has 7 heteroatoms. The molecule has 3 aromatic carbocycles. The lowest BCUT2D eigenvalue weighted by Crippen LogP contribution is -2.54. The molecule has 1 heterocycles. The highest BCUT2D eigenvalue weighted by Crippen LogP contribution is 2.25. The summed E-state index contributed by atoms with van der Waals surface area (Å²) in [5.41, 5.74) is 3.14. The molecule has 7 nitrogen and oxygen atoms in total. The lowest BCUT2D eigenvalue weighted by Gasteiger charge is -2.26. The Labute approximate surface area is 216 Å². The number of anilines is 1. The van der Waals surface area contributed by atoms with Gasteiger partial charge in [-0.1, -0.05) is 62.7 Å². The van der Waals surface area contributed by atoms with Crippen molar-refractivity contribution in [1.29, 1.82) is 0 Å². The first kappa shape index (κ1) is 25.7. The van der Waals surface area contributed by atoms with E-state index in [2.05, 4.69) is 38.2 Å². The second-order valence-electron chi connectivity index (χ2n) is 9.84. The summed E-state index contributed by atoms with van der Waals surface area (Å²) in [7, 11) is 0. The Hall–Kier alpha value is -4.39. The highest BCUT2D eigenvalue weighted by molar-refractivity contribution is 6.39. The van der Waals surface area contributed by atoms with Gasteiger partial charge >= 0.3 is 6.03 Å². The minimum absolute atomic E-state index is 0.0827. The van der Waals surface area contributed by atoms with E-state index in [4.69, 9.17) is 9.47 Å². The van der Waals surface area contributed by atoms with Gasteiger partial charge in [-0.3, -0.25) is 14.9 Å². The molecule has 0 aliphatic carbocycles. The van der Waals surface area contributed by atoms with Crippen molar-refractivity contribution in [3.8, 4) is 11.5 Å². The average Bonchev–Trinajstić information content (AvgIpc) is 2.85. The molecule has 0 radical (unpaired) electrons. The third kappa shape index (κ3) is 6.25. The van der Waals surface area contributed by atoms with Crippen LogP contribution in [0.5, 0.6) is 11.5 Å². The number of nitrogens with one attached hydrogen (secondary N) is 1. The molecular weight excluding hydrogens is 468 g/mol. The van der Waals surface area contributed by atoms with Crippen LogP contribution in [0.2, 0.25) is 0 Å². The van der Waals surface area contributed by atoms with Crippen molar-refractivity contribution in [3.05, 3.63) is 95.1 Å². The fourth-order valence-corrected chi connectivity index (χ4v) is 3.82. The number of rotatable bonds is 7. The molecule has 1 aliphatic rings. The van der Waals surface area contributed by atoms with Crippen LogP contribution in [0.3, 0.4) is 0 Å². The van der Waals surface area contributed by atoms with Gasteiger partial charge in [-0.05, 0) is 65.9 Å². The summed E-state index contributed by atoms with van der Waals surface area (Å²) in [6, 6.07) is 21.2. The number of aryl methyl sites for hydroxylation is 1. The van der Waals surface area contributed by atoms with Crippen LogP contribution >= 0.6 is 0 Å². The molecule has 1 fully saturated rings. The standard InChI is InChI=1S/C30H30N2O5/c1-20-8-12-23(13-9-20)32-28(34)26(27(33)31-29(32)35)19-21-6-5-7-25(18-21)37-17-16-36-24-14-10-22(11-15-24)30(2,3)4/h5-15,18-19H,16-17H2,1-4H3,(H,31,33,35)/b26-19+. The maximum atomic E-state index is 13.1. The van der Waals surface area contributed by atoms with Crippen LogP contribution < -0.4 is 19.7 Å². The van der Waals surface area contributed by atoms with Gasteiger partial charge in [0.2, 0.25) is 0 Å². The van der Waals surface area contributed by atoms with E-state index in [-0.39, 0.29) is 11.0 Å². The Morgan fingerprint density at radius 1 is 0.838 bits per heavy atom. The van der Waals surface area contributed by atoms with E-state index < -0.39 is 17.8 Å². The third-order valence-electron chi connectivity index (χ3n) is 5.90. The van der Waals surface area contributed by atoms with E-state index in [9.17, 15) is 14.4 Å². The minimum Gasteiger partial charge on any atom is -0.490 e. The van der Waals surface area contributed by atoms with Crippen LogP contribution in [0, 0.1) is 6.92 Å². The van der Waals surface area contributed by atoms with Gasteiger partial charge in [0.15, 0.2) is 0 Å². The highest BCUT2D eigenvalue weighted by Gasteiger charge is 2.36. The molecule has 0 aromatic heterocycles. The number of ether oxygens (including phenoxy) is 2. The number of urea groups is 1. The summed E-state index contributed by atoms with van der Waals surface area (Å²) in [6.45, 7) is 9.07. The van der Waals surface area contributed by atoms with Crippen molar-refractivity contribution >= 4 is 29.6 Å². The highest BCUT2D eigenvalue weighted by atomic mass is 16.5. The van der Waals surface area contributed by atoms with E-state index in [1.54, 1.807) is 48.5 Å². The molecule has 3 aromatic rings. The monoisotopic (exact) mass is 498 g/mol. The van der Waals surface area contributed by atoms with Crippen molar-refractivity contribution in [1.82, 2.24) is 5.32 Å². The van der Waals surface area contributed by atoms with Crippen molar-refractivity contribution in [2.24, 2.45) is 0 Å². The molecule has 190 valence electrons. The van der Waals surface area contributed by atoms with Gasteiger partial charge in [-0.2, -0.15) is 0 Å². The zero-order chi connectivity index (χ0) is 26.6. The fraction of sp³-hybridized carbons (Fsp3) is 0.233. The van der Waals surface area contributed by atoms with E-state index in [1.807, 2.05) is 19.1 Å². The van der Waals surface area contributed by atoms with Gasteiger partial charge < -0.3 is 9.47 Å². The maximum Gasteiger partial charge on any atom is 0.335 e. The van der Waals surface area contributed by atoms with Gasteiger partial charge in [-0.25, -0.2) is 9.69 Å². The van der Waals surface area contributed by atoms with Gasteiger partial charge in [0.1, 0.15) is 30.3 Å². The second kappa shape index (κ2) is 10.7. The molecule has 1 saturated heterocycles. The third-order valence-corrected chi connectivity index (χ3v) is 5.90. The Morgan fingerprint density at radius 3 is 2.14 bits per heavy atom. The van der Waals surface area contributed by atoms with Gasteiger partial charge in [0.25, 0.3) is 11.8 Å². The van der Waals surface area contributed by atoms with Crippen molar-refractivity contribution < 1.29 is 23.9 Å². The summed E-state index contributed by atoms with van der Waals surface area (Å²) in [4.78, 5) is 38.9. The van der Waals surface area contributed by atoms with Crippen molar-refractivity contribution in [3.63, 3.8) is 0 Å². The molecular formula is C30H30N2O5. The van der Waals surface area contributed by atoms with Crippen LogP contribution in [0.15, 0.2) is 78.4 Å². The molecule has 1 aliphatic heterocycles. The molecule has 0 unspecified atom stereocenters. The number of hydrogen-bond acceptors (Lipinski definition) is 5. The lowest BCUT2D eigenvalue weighted by atomic mass is 9.87. The number of imide groups is 2. The van der Waals surface area contributed by atoms with Crippen molar-refractivity contribution in [2.45, 2.75) is 33.1 Å². The quantitative estimate of drug-likeness (QED) is 0.267. The number of hydrogen-bond donors (Lipinski definition) is 1. The second-order valence-corrected chi connectivity index (χ2v) is 9.84. The van der Waals surface area contributed by atoms with Crippen LogP contribution in [0.25, 0.3) is 6.08 Å². The first-order valence-corrected chi connectivity index (χ1v) is 12.1. The molecule has 4 rings (SSSR count). The molecule has 0 bridgehead atoms. The molecule has 0 spiro atoms. The summed E-state index contributed by atoms with van der Waals surface area (Å²) < 4.78 is 11.6. The Kier molecular flexibility index (Phi) is 7.43. The Balaban J connectivity index is 1.40. The number of amides is 4. The SMILES string of the molecule is Cc1ccc(N2C(=O)NC(=O)/C(=C\c3cccc(OCCOc4ccc(C(C)(C)C)cc4)c3)C2=O)cc1. The molecule has 1 N–H and O–H groups in total. The van der Waals surface area contributed by atoms with Crippen LogP contribution in [-0.4, -0.2) is 31.1 Å². The number of carbonyl (C=O) groups is 3. The van der Waals surface area contributed by atoms with Gasteiger partial charge in [0, 0.05) is 0 Å². The zero-order valence-electron chi connectivity index (χ0n) is 21.4.